The number of rotatable bonds is 3. The molecule has 3 N–H and O–H groups in total. The van der Waals surface area contributed by atoms with Crippen molar-refractivity contribution in [3.63, 3.8) is 0 Å². The summed E-state index contributed by atoms with van der Waals surface area (Å²) < 4.78 is 26.3. The monoisotopic (exact) mass is 283 g/mol. The Morgan fingerprint density at radius 1 is 1.37 bits per heavy atom. The molecule has 1 aromatic carbocycles. The van der Waals surface area contributed by atoms with E-state index in [-0.39, 0.29) is 17.3 Å². The number of nitrogens with zero attached hydrogens (tertiary/aromatic N) is 1. The number of nitrogens with two attached hydrogens (primary N) is 1. The molecule has 0 aromatic heterocycles. The predicted molar refractivity (Wildman–Crippen MR) is 71.8 cm³/mol. The summed E-state index contributed by atoms with van der Waals surface area (Å²) in [4.78, 5) is 11.9. The van der Waals surface area contributed by atoms with Crippen LogP contribution in [0.2, 0.25) is 0 Å². The van der Waals surface area contributed by atoms with Gasteiger partial charge in [-0.15, -0.1) is 0 Å². The number of carbonyl (C=O) groups excluding carboxylic acids is 1. The summed E-state index contributed by atoms with van der Waals surface area (Å²) in [5.41, 5.74) is 6.05. The zero-order valence-electron chi connectivity index (χ0n) is 10.7. The number of hydrogen-bond acceptors (Lipinski definition) is 4. The van der Waals surface area contributed by atoms with E-state index in [4.69, 9.17) is 5.73 Å². The summed E-state index contributed by atoms with van der Waals surface area (Å²) >= 11 is 0. The van der Waals surface area contributed by atoms with E-state index in [0.29, 0.717) is 18.7 Å². The van der Waals surface area contributed by atoms with E-state index in [0.717, 1.165) is 0 Å². The van der Waals surface area contributed by atoms with Crippen LogP contribution in [-0.4, -0.2) is 37.8 Å². The Balaban J connectivity index is 2.37. The maximum absolute atomic E-state index is 12.5. The minimum Gasteiger partial charge on any atom is -0.399 e. The average molecular weight is 283 g/mol. The van der Waals surface area contributed by atoms with Crippen molar-refractivity contribution >= 4 is 21.6 Å². The first-order valence-corrected chi connectivity index (χ1v) is 7.56. The molecule has 6 nitrogen and oxygen atoms in total. The fourth-order valence-corrected chi connectivity index (χ4v) is 3.81. The van der Waals surface area contributed by atoms with E-state index in [2.05, 4.69) is 5.32 Å². The summed E-state index contributed by atoms with van der Waals surface area (Å²) in [5.74, 6) is -0.243. The summed E-state index contributed by atoms with van der Waals surface area (Å²) in [7, 11) is -3.66. The van der Waals surface area contributed by atoms with Gasteiger partial charge in [-0.3, -0.25) is 4.79 Å². The van der Waals surface area contributed by atoms with Gasteiger partial charge in [0.2, 0.25) is 15.9 Å². The minimum absolute atomic E-state index is 0.162. The molecule has 1 heterocycles. The van der Waals surface area contributed by atoms with Crippen LogP contribution < -0.4 is 11.1 Å². The number of nitrogen functional groups attached to an aromatic ring is 1. The van der Waals surface area contributed by atoms with Crippen LogP contribution in [0.4, 0.5) is 5.69 Å². The van der Waals surface area contributed by atoms with Gasteiger partial charge in [0.05, 0.1) is 4.90 Å². The van der Waals surface area contributed by atoms with Crippen LogP contribution in [0.15, 0.2) is 29.2 Å². The van der Waals surface area contributed by atoms with Crippen LogP contribution in [-0.2, 0) is 14.8 Å². The van der Waals surface area contributed by atoms with Crippen LogP contribution in [0.5, 0.6) is 0 Å². The lowest BCUT2D eigenvalue weighted by atomic mass is 10.2. The molecule has 0 aliphatic carbocycles. The van der Waals surface area contributed by atoms with Gasteiger partial charge in [-0.2, -0.15) is 4.31 Å². The highest BCUT2D eigenvalue weighted by molar-refractivity contribution is 7.89. The van der Waals surface area contributed by atoms with Crippen LogP contribution in [0.1, 0.15) is 13.3 Å². The second-order valence-electron chi connectivity index (χ2n) is 4.40. The molecule has 1 fully saturated rings. The zero-order valence-corrected chi connectivity index (χ0v) is 11.5. The number of hydrogen-bond donors (Lipinski definition) is 2. The van der Waals surface area contributed by atoms with E-state index in [1.807, 2.05) is 0 Å². The molecule has 1 aliphatic rings. The van der Waals surface area contributed by atoms with Crippen molar-refractivity contribution in [1.29, 1.82) is 0 Å². The summed E-state index contributed by atoms with van der Waals surface area (Å²) in [6.45, 7) is 2.42. The Morgan fingerprint density at radius 2 is 2.00 bits per heavy atom. The van der Waals surface area contributed by atoms with Crippen molar-refractivity contribution in [3.8, 4) is 0 Å². The summed E-state index contributed by atoms with van der Waals surface area (Å²) in [6.07, 6.45) is 0.444. The van der Waals surface area contributed by atoms with E-state index in [1.165, 1.54) is 28.6 Å². The van der Waals surface area contributed by atoms with Crippen LogP contribution in [0.3, 0.4) is 0 Å². The normalized spacial score (nSPS) is 21.1. The molecule has 0 bridgehead atoms. The van der Waals surface area contributed by atoms with Crippen LogP contribution in [0, 0.1) is 0 Å². The number of nitrogens with one attached hydrogen (secondary N) is 1. The average Bonchev–Trinajstić information content (AvgIpc) is 2.39. The topological polar surface area (TPSA) is 92.5 Å². The Kier molecular flexibility index (Phi) is 3.77. The number of carbonyl (C=O) groups is 1. The molecule has 7 heteroatoms. The van der Waals surface area contributed by atoms with E-state index in [1.54, 1.807) is 6.92 Å². The molecule has 0 saturated carbocycles. The highest BCUT2D eigenvalue weighted by atomic mass is 32.2. The van der Waals surface area contributed by atoms with Crippen molar-refractivity contribution in [2.24, 2.45) is 0 Å². The Morgan fingerprint density at radius 3 is 2.58 bits per heavy atom. The first-order valence-electron chi connectivity index (χ1n) is 6.12. The first-order chi connectivity index (χ1) is 8.96. The maximum atomic E-state index is 12.5. The lowest BCUT2D eigenvalue weighted by molar-refractivity contribution is -0.126. The fraction of sp³-hybridized carbons (Fsp3) is 0.417. The smallest absolute Gasteiger partial charge is 0.243 e. The Hall–Kier alpha value is -1.60. The zero-order chi connectivity index (χ0) is 14.0. The van der Waals surface area contributed by atoms with Gasteiger partial charge in [-0.05, 0) is 30.7 Å². The van der Waals surface area contributed by atoms with Crippen molar-refractivity contribution in [2.45, 2.75) is 24.3 Å². The molecule has 19 heavy (non-hydrogen) atoms. The fourth-order valence-electron chi connectivity index (χ4n) is 2.15. The molecule has 1 saturated heterocycles. The Bertz CT molecular complexity index is 568. The molecule has 104 valence electrons. The van der Waals surface area contributed by atoms with Gasteiger partial charge >= 0.3 is 0 Å². The predicted octanol–water partition coefficient (Wildman–Crippen LogP) is 0.168. The lowest BCUT2D eigenvalue weighted by Crippen LogP contribution is -2.56. The largest absolute Gasteiger partial charge is 0.399 e. The van der Waals surface area contributed by atoms with Crippen LogP contribution in [0.25, 0.3) is 0 Å². The number of benzene rings is 1. The Labute approximate surface area is 112 Å². The van der Waals surface area contributed by atoms with Crippen molar-refractivity contribution in [1.82, 2.24) is 9.62 Å². The molecule has 1 unspecified atom stereocenters. The number of anilines is 1. The third-order valence-corrected chi connectivity index (χ3v) is 5.08. The van der Waals surface area contributed by atoms with Crippen molar-refractivity contribution < 1.29 is 13.2 Å². The molecule has 0 radical (unpaired) electrons. The second-order valence-corrected chi connectivity index (χ2v) is 6.29. The standard InChI is InChI=1S/C12H17N3O3S/c1-2-11-12(16)14-7-8-15(11)19(17,18)10-5-3-9(13)4-6-10/h3-6,11H,2,7-8,13H2,1H3,(H,14,16). The molecule has 2 rings (SSSR count). The third kappa shape index (κ3) is 2.57. The van der Waals surface area contributed by atoms with Crippen molar-refractivity contribution in [2.75, 3.05) is 18.8 Å². The van der Waals surface area contributed by atoms with Gasteiger partial charge in [0.25, 0.3) is 0 Å². The van der Waals surface area contributed by atoms with Gasteiger partial charge in [0, 0.05) is 18.8 Å². The number of sulfonamides is 1. The summed E-state index contributed by atoms with van der Waals surface area (Å²) in [6, 6.07) is 5.36. The summed E-state index contributed by atoms with van der Waals surface area (Å²) in [5, 5.41) is 2.68. The van der Waals surface area contributed by atoms with Crippen LogP contribution >= 0.6 is 0 Å². The number of amides is 1. The highest BCUT2D eigenvalue weighted by Crippen LogP contribution is 2.22. The van der Waals surface area contributed by atoms with E-state index >= 15 is 0 Å². The first kappa shape index (κ1) is 13.8. The minimum atomic E-state index is -3.66. The lowest BCUT2D eigenvalue weighted by Gasteiger charge is -2.33. The molecule has 0 spiro atoms. The van der Waals surface area contributed by atoms with Gasteiger partial charge in [-0.25, -0.2) is 8.42 Å². The van der Waals surface area contributed by atoms with E-state index in [9.17, 15) is 13.2 Å². The molecule has 1 amide bonds. The molecule has 1 aromatic rings. The van der Waals surface area contributed by atoms with E-state index < -0.39 is 16.1 Å². The molecular formula is C12H17N3O3S. The number of piperazine rings is 1. The maximum Gasteiger partial charge on any atom is 0.243 e. The van der Waals surface area contributed by atoms with Gasteiger partial charge in [-0.1, -0.05) is 6.92 Å². The van der Waals surface area contributed by atoms with Gasteiger partial charge < -0.3 is 11.1 Å². The van der Waals surface area contributed by atoms with Crippen molar-refractivity contribution in [3.05, 3.63) is 24.3 Å². The second kappa shape index (κ2) is 5.18. The molecule has 1 aliphatic heterocycles. The highest BCUT2D eigenvalue weighted by Gasteiger charge is 2.37. The molecular weight excluding hydrogens is 266 g/mol. The third-order valence-electron chi connectivity index (χ3n) is 3.16. The quantitative estimate of drug-likeness (QED) is 0.773. The van der Waals surface area contributed by atoms with Gasteiger partial charge in [0.1, 0.15) is 6.04 Å². The van der Waals surface area contributed by atoms with Gasteiger partial charge in [0.15, 0.2) is 0 Å². The SMILES string of the molecule is CCC1C(=O)NCCN1S(=O)(=O)c1ccc(N)cc1. The molecule has 1 atom stereocenters.